The fourth-order valence-corrected chi connectivity index (χ4v) is 2.38. The predicted octanol–water partition coefficient (Wildman–Crippen LogP) is 2.17. The van der Waals surface area contributed by atoms with Crippen LogP contribution in [-0.2, 0) is 0 Å². The third-order valence-corrected chi connectivity index (χ3v) is 4.57. The highest BCUT2D eigenvalue weighted by Crippen LogP contribution is 2.46. The fraction of sp³-hybridized carbons (Fsp3) is 0.417. The Hall–Kier alpha value is -1.30. The maximum absolute atomic E-state index is 13.2. The van der Waals surface area contributed by atoms with Gasteiger partial charge in [-0.05, 0) is 31.2 Å². The zero-order chi connectivity index (χ0) is 13.3. The minimum atomic E-state index is -0.911. The van der Waals surface area contributed by atoms with Crippen molar-refractivity contribution < 1.29 is 13.6 Å². The van der Waals surface area contributed by atoms with Gasteiger partial charge in [-0.15, -0.1) is 0 Å². The zero-order valence-electron chi connectivity index (χ0n) is 9.93. The number of anilines is 1. The van der Waals surface area contributed by atoms with Gasteiger partial charge in [0.05, 0.1) is 0 Å². The summed E-state index contributed by atoms with van der Waals surface area (Å²) < 4.78 is 26.5. The number of nitrogens with two attached hydrogens (primary N) is 1. The summed E-state index contributed by atoms with van der Waals surface area (Å²) >= 11 is 1.70. The molecule has 1 aromatic rings. The monoisotopic (exact) mass is 272 g/mol. The van der Waals surface area contributed by atoms with Crippen molar-refractivity contribution in [3.63, 3.8) is 0 Å². The number of hydrogen-bond acceptors (Lipinski definition) is 3. The molecule has 0 radical (unpaired) electrons. The largest absolute Gasteiger partial charge is 0.394 e. The van der Waals surface area contributed by atoms with Crippen molar-refractivity contribution in [3.05, 3.63) is 29.3 Å². The Balaban J connectivity index is 2.05. The lowest BCUT2D eigenvalue weighted by Gasteiger charge is -2.13. The smallest absolute Gasteiger partial charge is 0.251 e. The molecule has 1 amide bonds. The molecule has 0 atom stereocenters. The topological polar surface area (TPSA) is 55.1 Å². The van der Waals surface area contributed by atoms with E-state index >= 15 is 0 Å². The van der Waals surface area contributed by atoms with E-state index in [0.717, 1.165) is 25.0 Å². The molecule has 18 heavy (non-hydrogen) atoms. The molecule has 3 N–H and O–H groups in total. The molecule has 0 spiro atoms. The number of benzene rings is 1. The SMILES string of the molecule is CSC1(CNC(=O)c2cc(F)c(N)c(F)c2)CC1. The van der Waals surface area contributed by atoms with Crippen LogP contribution < -0.4 is 11.1 Å². The van der Waals surface area contributed by atoms with Crippen LogP contribution in [0.3, 0.4) is 0 Å². The highest BCUT2D eigenvalue weighted by Gasteiger charge is 2.41. The Labute approximate surface area is 108 Å². The van der Waals surface area contributed by atoms with E-state index in [0.29, 0.717) is 6.54 Å². The molecule has 1 aliphatic rings. The first kappa shape index (κ1) is 13.1. The van der Waals surface area contributed by atoms with Crippen LogP contribution in [0.1, 0.15) is 23.2 Å². The molecule has 6 heteroatoms. The second-order valence-electron chi connectivity index (χ2n) is 4.42. The minimum Gasteiger partial charge on any atom is -0.394 e. The summed E-state index contributed by atoms with van der Waals surface area (Å²) in [5, 5.41) is 2.69. The lowest BCUT2D eigenvalue weighted by Crippen LogP contribution is -2.31. The van der Waals surface area contributed by atoms with Crippen LogP contribution in [0.4, 0.5) is 14.5 Å². The molecule has 0 aliphatic heterocycles. The third-order valence-electron chi connectivity index (χ3n) is 3.15. The molecule has 1 aliphatic carbocycles. The lowest BCUT2D eigenvalue weighted by molar-refractivity contribution is 0.0952. The van der Waals surface area contributed by atoms with Gasteiger partial charge in [0.25, 0.3) is 5.91 Å². The summed E-state index contributed by atoms with van der Waals surface area (Å²) in [7, 11) is 0. The number of carbonyl (C=O) groups is 1. The summed E-state index contributed by atoms with van der Waals surface area (Å²) in [5.74, 6) is -2.30. The minimum absolute atomic E-state index is 0.0453. The van der Waals surface area contributed by atoms with Crippen molar-refractivity contribution >= 4 is 23.4 Å². The second kappa shape index (κ2) is 4.76. The van der Waals surface area contributed by atoms with Crippen LogP contribution in [0, 0.1) is 11.6 Å². The number of nitrogens with one attached hydrogen (secondary N) is 1. The van der Waals surface area contributed by atoms with Gasteiger partial charge < -0.3 is 11.1 Å². The molecule has 0 unspecified atom stereocenters. The highest BCUT2D eigenvalue weighted by molar-refractivity contribution is 8.00. The molecule has 1 aromatic carbocycles. The van der Waals surface area contributed by atoms with Crippen LogP contribution in [0.15, 0.2) is 12.1 Å². The quantitative estimate of drug-likeness (QED) is 0.826. The standard InChI is InChI=1S/C12H14F2N2OS/c1-18-12(2-3-12)6-16-11(17)7-4-8(13)10(15)9(14)5-7/h4-5H,2-3,6,15H2,1H3,(H,16,17). The summed E-state index contributed by atoms with van der Waals surface area (Å²) in [4.78, 5) is 11.8. The number of thioether (sulfide) groups is 1. The van der Waals surface area contributed by atoms with E-state index in [1.165, 1.54) is 0 Å². The van der Waals surface area contributed by atoms with Crippen molar-refractivity contribution in [2.24, 2.45) is 0 Å². The van der Waals surface area contributed by atoms with Gasteiger partial charge in [0.2, 0.25) is 0 Å². The van der Waals surface area contributed by atoms with E-state index in [1.807, 2.05) is 6.26 Å². The molecule has 0 aromatic heterocycles. The maximum Gasteiger partial charge on any atom is 0.251 e. The van der Waals surface area contributed by atoms with Crippen LogP contribution in [0.25, 0.3) is 0 Å². The second-order valence-corrected chi connectivity index (χ2v) is 5.70. The average Bonchev–Trinajstić information content (AvgIpc) is 3.13. The van der Waals surface area contributed by atoms with Gasteiger partial charge in [0, 0.05) is 16.9 Å². The Morgan fingerprint density at radius 2 is 2.00 bits per heavy atom. The van der Waals surface area contributed by atoms with Gasteiger partial charge in [0.15, 0.2) is 0 Å². The molecule has 0 heterocycles. The van der Waals surface area contributed by atoms with Gasteiger partial charge in [-0.1, -0.05) is 0 Å². The summed E-state index contributed by atoms with van der Waals surface area (Å²) in [6.07, 6.45) is 4.10. The van der Waals surface area contributed by atoms with Crippen molar-refractivity contribution in [2.75, 3.05) is 18.5 Å². The summed E-state index contributed by atoms with van der Waals surface area (Å²) in [5.41, 5.74) is 4.53. The third kappa shape index (κ3) is 2.58. The van der Waals surface area contributed by atoms with Crippen molar-refractivity contribution in [3.8, 4) is 0 Å². The molecular formula is C12H14F2N2OS. The van der Waals surface area contributed by atoms with Crippen molar-refractivity contribution in [1.29, 1.82) is 0 Å². The Morgan fingerprint density at radius 3 is 2.44 bits per heavy atom. The van der Waals surface area contributed by atoms with Gasteiger partial charge >= 0.3 is 0 Å². The first-order valence-electron chi connectivity index (χ1n) is 5.55. The number of nitrogen functional groups attached to an aromatic ring is 1. The highest BCUT2D eigenvalue weighted by atomic mass is 32.2. The van der Waals surface area contributed by atoms with E-state index in [4.69, 9.17) is 5.73 Å². The number of amides is 1. The van der Waals surface area contributed by atoms with Crippen LogP contribution >= 0.6 is 11.8 Å². The van der Waals surface area contributed by atoms with Crippen LogP contribution in [0.5, 0.6) is 0 Å². The van der Waals surface area contributed by atoms with Gasteiger partial charge in [-0.25, -0.2) is 8.78 Å². The van der Waals surface area contributed by atoms with Crippen LogP contribution in [-0.4, -0.2) is 23.5 Å². The lowest BCUT2D eigenvalue weighted by atomic mass is 10.1. The molecule has 2 rings (SSSR count). The fourth-order valence-electron chi connectivity index (χ4n) is 1.65. The number of rotatable bonds is 4. The van der Waals surface area contributed by atoms with E-state index in [1.54, 1.807) is 11.8 Å². The molecule has 1 saturated carbocycles. The predicted molar refractivity (Wildman–Crippen MR) is 68.6 cm³/mol. The number of hydrogen-bond donors (Lipinski definition) is 2. The van der Waals surface area contributed by atoms with E-state index in [2.05, 4.69) is 5.32 Å². The van der Waals surface area contributed by atoms with Gasteiger partial charge in [0.1, 0.15) is 17.3 Å². The normalized spacial score (nSPS) is 16.4. The number of carbonyl (C=O) groups excluding carboxylic acids is 1. The molecule has 0 bridgehead atoms. The molecule has 98 valence electrons. The van der Waals surface area contributed by atoms with Gasteiger partial charge in [-0.3, -0.25) is 4.79 Å². The van der Waals surface area contributed by atoms with E-state index < -0.39 is 23.2 Å². The summed E-state index contributed by atoms with van der Waals surface area (Å²) in [6, 6.07) is 1.90. The molecule has 0 saturated heterocycles. The first-order chi connectivity index (χ1) is 8.47. The maximum atomic E-state index is 13.2. The Kier molecular flexibility index (Phi) is 3.47. The Bertz CT molecular complexity index is 466. The summed E-state index contributed by atoms with van der Waals surface area (Å²) in [6.45, 7) is 0.514. The Morgan fingerprint density at radius 1 is 1.44 bits per heavy atom. The van der Waals surface area contributed by atoms with E-state index in [9.17, 15) is 13.6 Å². The van der Waals surface area contributed by atoms with Crippen LogP contribution in [0.2, 0.25) is 0 Å². The molecular weight excluding hydrogens is 258 g/mol. The van der Waals surface area contributed by atoms with Gasteiger partial charge in [-0.2, -0.15) is 11.8 Å². The first-order valence-corrected chi connectivity index (χ1v) is 6.78. The average molecular weight is 272 g/mol. The van der Waals surface area contributed by atoms with Crippen molar-refractivity contribution in [2.45, 2.75) is 17.6 Å². The molecule has 1 fully saturated rings. The molecule has 3 nitrogen and oxygen atoms in total. The number of halogens is 2. The van der Waals surface area contributed by atoms with Crippen molar-refractivity contribution in [1.82, 2.24) is 5.32 Å². The zero-order valence-corrected chi connectivity index (χ0v) is 10.7. The van der Waals surface area contributed by atoms with E-state index in [-0.39, 0.29) is 10.3 Å².